The third-order valence-electron chi connectivity index (χ3n) is 5.32. The topological polar surface area (TPSA) is 62.3 Å². The Morgan fingerprint density at radius 1 is 1.20 bits per heavy atom. The molecule has 0 radical (unpaired) electrons. The number of aromatic nitrogens is 1. The van der Waals surface area contributed by atoms with Crippen LogP contribution in [-0.2, 0) is 16.6 Å². The maximum absolute atomic E-state index is 11.9. The van der Waals surface area contributed by atoms with Crippen LogP contribution in [0.25, 0.3) is 0 Å². The van der Waals surface area contributed by atoms with Crippen LogP contribution >= 0.6 is 11.3 Å². The number of likely N-dealkylation sites (tertiary alicyclic amines) is 1. The summed E-state index contributed by atoms with van der Waals surface area (Å²) in [6, 6.07) is 0.0982. The highest BCUT2D eigenvalue weighted by atomic mass is 32.2. The fraction of sp³-hybridized carbons (Fsp3) is 0.833. The molecule has 1 aliphatic heterocycles. The molecule has 1 aliphatic carbocycles. The van der Waals surface area contributed by atoms with E-state index in [4.69, 9.17) is 4.98 Å². The molecule has 2 heterocycles. The molecule has 2 fully saturated rings. The second-order valence-electron chi connectivity index (χ2n) is 7.50. The van der Waals surface area contributed by atoms with Crippen molar-refractivity contribution in [3.63, 3.8) is 0 Å². The largest absolute Gasteiger partial charge is 0.297 e. The van der Waals surface area contributed by atoms with Crippen LogP contribution in [-0.4, -0.2) is 43.2 Å². The molecule has 0 aromatic carbocycles. The summed E-state index contributed by atoms with van der Waals surface area (Å²) in [5, 5.41) is 3.55. The van der Waals surface area contributed by atoms with E-state index in [1.807, 2.05) is 18.3 Å². The first kappa shape index (κ1) is 19.3. The number of piperidine rings is 1. The van der Waals surface area contributed by atoms with E-state index in [0.29, 0.717) is 12.3 Å². The van der Waals surface area contributed by atoms with E-state index < -0.39 is 10.0 Å². The fourth-order valence-corrected chi connectivity index (χ4v) is 6.33. The van der Waals surface area contributed by atoms with E-state index >= 15 is 0 Å². The van der Waals surface area contributed by atoms with Crippen LogP contribution in [0.1, 0.15) is 74.9 Å². The lowest BCUT2D eigenvalue weighted by Gasteiger charge is -2.31. The van der Waals surface area contributed by atoms with E-state index in [0.717, 1.165) is 32.5 Å². The van der Waals surface area contributed by atoms with Crippen molar-refractivity contribution in [3.8, 4) is 0 Å². The number of rotatable bonds is 7. The number of nitrogens with one attached hydrogen (secondary N) is 1. The molecule has 7 heteroatoms. The summed E-state index contributed by atoms with van der Waals surface area (Å²) in [4.78, 5) is 7.30. The second-order valence-corrected chi connectivity index (χ2v) is 10.3. The Labute approximate surface area is 156 Å². The molecular weight excluding hydrogens is 354 g/mol. The number of sulfonamides is 1. The van der Waals surface area contributed by atoms with E-state index in [2.05, 4.69) is 15.0 Å². The van der Waals surface area contributed by atoms with Crippen LogP contribution in [0.4, 0.5) is 0 Å². The summed E-state index contributed by atoms with van der Waals surface area (Å²) in [7, 11) is -3.10. The molecule has 2 aliphatic rings. The zero-order valence-corrected chi connectivity index (χ0v) is 16.9. The number of nitrogens with zero attached hydrogens (tertiary/aromatic N) is 2. The van der Waals surface area contributed by atoms with Crippen molar-refractivity contribution in [1.29, 1.82) is 0 Å². The van der Waals surface area contributed by atoms with Crippen LogP contribution in [0.3, 0.4) is 0 Å². The van der Waals surface area contributed by atoms with E-state index in [1.165, 1.54) is 42.8 Å². The summed E-state index contributed by atoms with van der Waals surface area (Å²) in [6.45, 7) is 4.68. The molecule has 0 spiro atoms. The van der Waals surface area contributed by atoms with Gasteiger partial charge in [-0.2, -0.15) is 0 Å². The maximum Gasteiger partial charge on any atom is 0.211 e. The summed E-state index contributed by atoms with van der Waals surface area (Å²) < 4.78 is 26.6. The van der Waals surface area contributed by atoms with Gasteiger partial charge in [-0.3, -0.25) is 4.90 Å². The van der Waals surface area contributed by atoms with Gasteiger partial charge in [0.15, 0.2) is 0 Å². The van der Waals surface area contributed by atoms with Crippen molar-refractivity contribution >= 4 is 21.4 Å². The third kappa shape index (κ3) is 5.74. The van der Waals surface area contributed by atoms with E-state index in [9.17, 15) is 8.42 Å². The summed E-state index contributed by atoms with van der Waals surface area (Å²) in [6.07, 6.45) is 9.13. The van der Waals surface area contributed by atoms with Crippen LogP contribution < -0.4 is 4.72 Å². The average molecular weight is 386 g/mol. The van der Waals surface area contributed by atoms with Gasteiger partial charge in [0.05, 0.1) is 16.5 Å². The second kappa shape index (κ2) is 8.93. The van der Waals surface area contributed by atoms with Gasteiger partial charge in [0.1, 0.15) is 0 Å². The molecule has 0 amide bonds. The highest BCUT2D eigenvalue weighted by molar-refractivity contribution is 7.89. The molecule has 0 atom stereocenters. The van der Waals surface area contributed by atoms with Gasteiger partial charge in [0, 0.05) is 37.0 Å². The lowest BCUT2D eigenvalue weighted by molar-refractivity contribution is 0.198. The molecule has 3 rings (SSSR count). The van der Waals surface area contributed by atoms with Crippen LogP contribution in [0.15, 0.2) is 5.38 Å². The Hall–Kier alpha value is -0.500. The molecule has 0 bridgehead atoms. The van der Waals surface area contributed by atoms with Crippen molar-refractivity contribution in [2.24, 2.45) is 0 Å². The van der Waals surface area contributed by atoms with Crippen molar-refractivity contribution < 1.29 is 8.42 Å². The van der Waals surface area contributed by atoms with Crippen molar-refractivity contribution in [2.45, 2.75) is 76.8 Å². The van der Waals surface area contributed by atoms with Gasteiger partial charge in [-0.15, -0.1) is 11.3 Å². The predicted octanol–water partition coefficient (Wildman–Crippen LogP) is 3.48. The van der Waals surface area contributed by atoms with Crippen LogP contribution in [0.5, 0.6) is 0 Å². The first-order valence-electron chi connectivity index (χ1n) is 9.72. The van der Waals surface area contributed by atoms with Gasteiger partial charge in [-0.1, -0.05) is 26.2 Å². The molecule has 0 unspecified atom stereocenters. The van der Waals surface area contributed by atoms with E-state index in [1.54, 1.807) is 0 Å². The molecule has 1 saturated carbocycles. The van der Waals surface area contributed by atoms with Gasteiger partial charge >= 0.3 is 0 Å². The highest BCUT2D eigenvalue weighted by Gasteiger charge is 2.24. The summed E-state index contributed by atoms with van der Waals surface area (Å²) >= 11 is 1.83. The van der Waals surface area contributed by atoms with Crippen LogP contribution in [0, 0.1) is 0 Å². The molecule has 1 aromatic heterocycles. The monoisotopic (exact) mass is 385 g/mol. The molecule has 1 N–H and O–H groups in total. The predicted molar refractivity (Wildman–Crippen MR) is 103 cm³/mol. The fourth-order valence-electron chi connectivity index (χ4n) is 3.95. The molecule has 5 nitrogen and oxygen atoms in total. The minimum absolute atomic E-state index is 0.0982. The van der Waals surface area contributed by atoms with Gasteiger partial charge in [0.25, 0.3) is 0 Å². The maximum atomic E-state index is 11.9. The van der Waals surface area contributed by atoms with E-state index in [-0.39, 0.29) is 11.8 Å². The molecule has 1 aromatic rings. The van der Waals surface area contributed by atoms with Gasteiger partial charge in [-0.25, -0.2) is 18.1 Å². The standard InChI is InChI=1S/C18H31N3O2S2/c1-2-12-25(22,23)20-16-8-10-21(11-9-16)13-17-14-24-18(19-17)15-6-4-3-5-7-15/h14-16,20H,2-13H2,1H3. The van der Waals surface area contributed by atoms with Gasteiger partial charge in [0.2, 0.25) is 10.0 Å². The number of thiazole rings is 1. The first-order valence-corrected chi connectivity index (χ1v) is 12.3. The Kier molecular flexibility index (Phi) is 6.88. The van der Waals surface area contributed by atoms with Crippen molar-refractivity contribution in [2.75, 3.05) is 18.8 Å². The minimum atomic E-state index is -3.10. The zero-order chi connectivity index (χ0) is 17.7. The zero-order valence-electron chi connectivity index (χ0n) is 15.2. The normalized spacial score (nSPS) is 21.6. The average Bonchev–Trinajstić information content (AvgIpc) is 3.06. The smallest absolute Gasteiger partial charge is 0.211 e. The third-order valence-corrected chi connectivity index (χ3v) is 8.01. The summed E-state index contributed by atoms with van der Waals surface area (Å²) in [5.74, 6) is 0.918. The lowest BCUT2D eigenvalue weighted by atomic mass is 9.90. The molecule has 142 valence electrons. The Balaban J connectivity index is 1.45. The molecular formula is C18H31N3O2S2. The van der Waals surface area contributed by atoms with Gasteiger partial charge < -0.3 is 0 Å². The minimum Gasteiger partial charge on any atom is -0.297 e. The molecule has 25 heavy (non-hydrogen) atoms. The number of hydrogen-bond donors (Lipinski definition) is 1. The quantitative estimate of drug-likeness (QED) is 0.780. The SMILES string of the molecule is CCCS(=O)(=O)NC1CCN(Cc2csc(C3CCCCC3)n2)CC1. The Morgan fingerprint density at radius 2 is 1.92 bits per heavy atom. The number of hydrogen-bond acceptors (Lipinski definition) is 5. The summed E-state index contributed by atoms with van der Waals surface area (Å²) in [5.41, 5.74) is 1.19. The Morgan fingerprint density at radius 3 is 2.60 bits per heavy atom. The Bertz CT molecular complexity index is 631. The highest BCUT2D eigenvalue weighted by Crippen LogP contribution is 2.34. The van der Waals surface area contributed by atoms with Crippen LogP contribution in [0.2, 0.25) is 0 Å². The van der Waals surface area contributed by atoms with Crippen molar-refractivity contribution in [1.82, 2.24) is 14.6 Å². The first-order chi connectivity index (χ1) is 12.1. The lowest BCUT2D eigenvalue weighted by Crippen LogP contribution is -2.44. The molecule has 1 saturated heterocycles. The van der Waals surface area contributed by atoms with Gasteiger partial charge in [-0.05, 0) is 32.1 Å². The van der Waals surface area contributed by atoms with Crippen molar-refractivity contribution in [3.05, 3.63) is 16.1 Å².